The van der Waals surface area contributed by atoms with E-state index in [1.165, 1.54) is 4.31 Å². The molecule has 2 rings (SSSR count). The molecule has 1 fully saturated rings. The lowest BCUT2D eigenvalue weighted by Gasteiger charge is -2.31. The molecule has 1 aromatic carbocycles. The lowest BCUT2D eigenvalue weighted by molar-refractivity contribution is -0.119. The number of sulfonamides is 1. The second kappa shape index (κ2) is 6.91. The summed E-state index contributed by atoms with van der Waals surface area (Å²) in [5.74, 6) is 0.668. The summed E-state index contributed by atoms with van der Waals surface area (Å²) in [6, 6.07) is 6.47. The number of rotatable bonds is 6. The Balaban J connectivity index is 2.07. The molecule has 0 saturated carbocycles. The van der Waals surface area contributed by atoms with Crippen LogP contribution in [0.3, 0.4) is 0 Å². The average Bonchev–Trinajstić information content (AvgIpc) is 2.53. The Kier molecular flexibility index (Phi) is 5.19. The molecule has 1 saturated heterocycles. The first kappa shape index (κ1) is 15.8. The number of benzene rings is 1. The number of piperazine rings is 1. The van der Waals surface area contributed by atoms with E-state index in [1.807, 2.05) is 6.92 Å². The minimum Gasteiger partial charge on any atom is -0.494 e. The molecule has 0 spiro atoms. The Morgan fingerprint density at radius 1 is 1.14 bits per heavy atom. The van der Waals surface area contributed by atoms with Gasteiger partial charge in [-0.2, -0.15) is 4.31 Å². The molecule has 6 nitrogen and oxygen atoms in total. The van der Waals surface area contributed by atoms with E-state index in [9.17, 15) is 13.2 Å². The fourth-order valence-electron chi connectivity index (χ4n) is 2.13. The van der Waals surface area contributed by atoms with E-state index in [0.29, 0.717) is 38.5 Å². The van der Waals surface area contributed by atoms with E-state index >= 15 is 0 Å². The van der Waals surface area contributed by atoms with Crippen molar-refractivity contribution in [2.45, 2.75) is 18.2 Å². The van der Waals surface area contributed by atoms with Gasteiger partial charge in [0.15, 0.2) is 0 Å². The molecule has 0 atom stereocenters. The van der Waals surface area contributed by atoms with Crippen molar-refractivity contribution in [1.82, 2.24) is 9.21 Å². The second-order valence-electron chi connectivity index (χ2n) is 4.87. The quantitative estimate of drug-likeness (QED) is 0.733. The monoisotopic (exact) mass is 312 g/mol. The maximum absolute atomic E-state index is 12.5. The van der Waals surface area contributed by atoms with Gasteiger partial charge in [-0.1, -0.05) is 6.92 Å². The van der Waals surface area contributed by atoms with E-state index in [1.54, 1.807) is 29.2 Å². The fourth-order valence-corrected chi connectivity index (χ4v) is 3.55. The van der Waals surface area contributed by atoms with Gasteiger partial charge in [0.2, 0.25) is 16.4 Å². The molecule has 1 amide bonds. The van der Waals surface area contributed by atoms with Crippen LogP contribution in [0, 0.1) is 0 Å². The third-order valence-corrected chi connectivity index (χ3v) is 5.27. The van der Waals surface area contributed by atoms with Gasteiger partial charge in [0.05, 0.1) is 11.5 Å². The van der Waals surface area contributed by atoms with Crippen molar-refractivity contribution >= 4 is 16.4 Å². The van der Waals surface area contributed by atoms with Gasteiger partial charge in [0, 0.05) is 26.2 Å². The molecule has 21 heavy (non-hydrogen) atoms. The third-order valence-electron chi connectivity index (χ3n) is 3.36. The largest absolute Gasteiger partial charge is 0.494 e. The van der Waals surface area contributed by atoms with Crippen molar-refractivity contribution in [2.75, 3.05) is 32.8 Å². The van der Waals surface area contributed by atoms with Crippen molar-refractivity contribution < 1.29 is 17.9 Å². The maximum atomic E-state index is 12.5. The smallest absolute Gasteiger partial charge is 0.243 e. The van der Waals surface area contributed by atoms with Crippen LogP contribution in [-0.4, -0.2) is 56.8 Å². The van der Waals surface area contributed by atoms with Crippen LogP contribution < -0.4 is 4.74 Å². The van der Waals surface area contributed by atoms with Crippen LogP contribution in [0.25, 0.3) is 0 Å². The van der Waals surface area contributed by atoms with Crippen molar-refractivity contribution in [3.05, 3.63) is 24.3 Å². The summed E-state index contributed by atoms with van der Waals surface area (Å²) in [6.07, 6.45) is 1.66. The molecule has 1 aromatic rings. The molecule has 0 unspecified atom stereocenters. The van der Waals surface area contributed by atoms with Gasteiger partial charge in [-0.05, 0) is 30.7 Å². The van der Waals surface area contributed by atoms with E-state index in [0.717, 1.165) is 12.8 Å². The minimum atomic E-state index is -3.50. The lowest BCUT2D eigenvalue weighted by Crippen LogP contribution is -2.47. The van der Waals surface area contributed by atoms with Gasteiger partial charge in [-0.15, -0.1) is 0 Å². The summed E-state index contributed by atoms with van der Waals surface area (Å²) in [4.78, 5) is 12.5. The molecule has 1 aliphatic heterocycles. The first-order valence-corrected chi connectivity index (χ1v) is 8.44. The van der Waals surface area contributed by atoms with Crippen LogP contribution in [0.1, 0.15) is 13.3 Å². The summed E-state index contributed by atoms with van der Waals surface area (Å²) < 4.78 is 31.8. The molecule has 0 radical (unpaired) electrons. The molecule has 0 bridgehead atoms. The summed E-state index contributed by atoms with van der Waals surface area (Å²) in [5, 5.41) is 0. The zero-order valence-electron chi connectivity index (χ0n) is 12.1. The van der Waals surface area contributed by atoms with Crippen LogP contribution in [0.5, 0.6) is 5.75 Å². The Hall–Kier alpha value is -1.60. The van der Waals surface area contributed by atoms with Crippen molar-refractivity contribution in [1.29, 1.82) is 0 Å². The van der Waals surface area contributed by atoms with E-state index in [-0.39, 0.29) is 4.90 Å². The van der Waals surface area contributed by atoms with Gasteiger partial charge in [-0.3, -0.25) is 4.79 Å². The van der Waals surface area contributed by atoms with Crippen LogP contribution in [0.4, 0.5) is 0 Å². The zero-order valence-corrected chi connectivity index (χ0v) is 12.9. The summed E-state index contributed by atoms with van der Waals surface area (Å²) in [6.45, 7) is 4.14. The van der Waals surface area contributed by atoms with Gasteiger partial charge in [-0.25, -0.2) is 8.42 Å². The Morgan fingerprint density at radius 3 is 2.29 bits per heavy atom. The first-order valence-electron chi connectivity index (χ1n) is 7.00. The fraction of sp³-hybridized carbons (Fsp3) is 0.500. The highest BCUT2D eigenvalue weighted by Gasteiger charge is 2.27. The average molecular weight is 312 g/mol. The molecular weight excluding hydrogens is 292 g/mol. The zero-order chi connectivity index (χ0) is 15.3. The molecule has 0 aromatic heterocycles. The van der Waals surface area contributed by atoms with E-state index in [2.05, 4.69) is 0 Å². The van der Waals surface area contributed by atoms with Gasteiger partial charge in [0.25, 0.3) is 0 Å². The van der Waals surface area contributed by atoms with Crippen LogP contribution in [0.15, 0.2) is 29.2 Å². The van der Waals surface area contributed by atoms with E-state index in [4.69, 9.17) is 4.74 Å². The highest BCUT2D eigenvalue weighted by Crippen LogP contribution is 2.20. The Bertz CT molecular complexity index is 563. The van der Waals surface area contributed by atoms with Crippen LogP contribution in [0.2, 0.25) is 0 Å². The first-order chi connectivity index (χ1) is 10.1. The predicted octanol–water partition coefficient (Wildman–Crippen LogP) is 0.938. The second-order valence-corrected chi connectivity index (χ2v) is 6.80. The molecule has 0 N–H and O–H groups in total. The molecule has 1 aliphatic rings. The van der Waals surface area contributed by atoms with Gasteiger partial charge < -0.3 is 9.64 Å². The number of carbonyl (C=O) groups excluding carboxylic acids is 1. The van der Waals surface area contributed by atoms with Crippen molar-refractivity contribution in [3.8, 4) is 5.75 Å². The highest BCUT2D eigenvalue weighted by molar-refractivity contribution is 7.89. The Labute approximate surface area is 125 Å². The van der Waals surface area contributed by atoms with Gasteiger partial charge >= 0.3 is 0 Å². The lowest BCUT2D eigenvalue weighted by atomic mass is 10.3. The molecule has 1 heterocycles. The van der Waals surface area contributed by atoms with Gasteiger partial charge in [0.1, 0.15) is 5.75 Å². The third kappa shape index (κ3) is 3.74. The van der Waals surface area contributed by atoms with Crippen LogP contribution in [-0.2, 0) is 14.8 Å². The topological polar surface area (TPSA) is 66.9 Å². The molecular formula is C14H20N2O4S. The van der Waals surface area contributed by atoms with Crippen molar-refractivity contribution in [2.24, 2.45) is 0 Å². The number of amides is 1. The van der Waals surface area contributed by atoms with Crippen LogP contribution >= 0.6 is 0 Å². The number of hydrogen-bond acceptors (Lipinski definition) is 4. The summed E-state index contributed by atoms with van der Waals surface area (Å²) in [5.41, 5.74) is 0. The summed E-state index contributed by atoms with van der Waals surface area (Å²) >= 11 is 0. The SMILES string of the molecule is CCCOc1ccc(S(=O)(=O)N2CCN(C=O)CC2)cc1. The number of carbonyl (C=O) groups is 1. The highest BCUT2D eigenvalue weighted by atomic mass is 32.2. The van der Waals surface area contributed by atoms with E-state index < -0.39 is 10.0 Å². The maximum Gasteiger partial charge on any atom is 0.243 e. The normalized spacial score (nSPS) is 16.7. The Morgan fingerprint density at radius 2 is 1.76 bits per heavy atom. The standard InChI is InChI=1S/C14H20N2O4S/c1-2-11-20-13-3-5-14(6-4-13)21(18,19)16-9-7-15(12-17)8-10-16/h3-6,12H,2,7-11H2,1H3. The number of nitrogens with zero attached hydrogens (tertiary/aromatic N) is 2. The minimum absolute atomic E-state index is 0.255. The molecule has 0 aliphatic carbocycles. The summed E-state index contributed by atoms with van der Waals surface area (Å²) in [7, 11) is -3.50. The molecule has 116 valence electrons. The van der Waals surface area contributed by atoms with Crippen molar-refractivity contribution in [3.63, 3.8) is 0 Å². The molecule has 7 heteroatoms. The number of ether oxygens (including phenoxy) is 1. The predicted molar refractivity (Wildman–Crippen MR) is 78.6 cm³/mol. The number of hydrogen-bond donors (Lipinski definition) is 0.